The van der Waals surface area contributed by atoms with E-state index >= 15 is 0 Å². The predicted molar refractivity (Wildman–Crippen MR) is 65.9 cm³/mol. The third-order valence-corrected chi connectivity index (χ3v) is 2.45. The summed E-state index contributed by atoms with van der Waals surface area (Å²) in [6, 6.07) is 1.90. The Labute approximate surface area is 103 Å². The van der Waals surface area contributed by atoms with Crippen LogP contribution in [0, 0.1) is 11.3 Å². The summed E-state index contributed by atoms with van der Waals surface area (Å²) in [7, 11) is 0. The van der Waals surface area contributed by atoms with E-state index in [0.29, 0.717) is 16.9 Å². The minimum absolute atomic E-state index is 0.255. The van der Waals surface area contributed by atoms with Gasteiger partial charge in [-0.2, -0.15) is 5.26 Å². The van der Waals surface area contributed by atoms with Crippen molar-refractivity contribution in [2.24, 2.45) is 0 Å². The molecule has 18 heavy (non-hydrogen) atoms. The first-order valence-corrected chi connectivity index (χ1v) is 5.21. The summed E-state index contributed by atoms with van der Waals surface area (Å²) in [5, 5.41) is 18.9. The van der Waals surface area contributed by atoms with Crippen molar-refractivity contribution < 1.29 is 5.11 Å². The van der Waals surface area contributed by atoms with Gasteiger partial charge >= 0.3 is 0 Å². The van der Waals surface area contributed by atoms with E-state index in [2.05, 4.69) is 15.0 Å². The Balaban J connectivity index is 2.72. The van der Waals surface area contributed by atoms with Gasteiger partial charge in [-0.15, -0.1) is 0 Å². The summed E-state index contributed by atoms with van der Waals surface area (Å²) in [5.74, 6) is 0.255. The lowest BCUT2D eigenvalue weighted by molar-refractivity contribution is 0.138. The highest BCUT2D eigenvalue weighted by atomic mass is 16.3. The quantitative estimate of drug-likeness (QED) is 0.745. The molecule has 0 aliphatic carbocycles. The van der Waals surface area contributed by atoms with E-state index in [1.807, 2.05) is 6.07 Å². The second-order valence-electron chi connectivity index (χ2n) is 4.26. The Morgan fingerprint density at radius 2 is 2.22 bits per heavy atom. The van der Waals surface area contributed by atoms with Crippen molar-refractivity contribution in [1.29, 1.82) is 5.26 Å². The number of aromatic nitrogens is 4. The van der Waals surface area contributed by atoms with Gasteiger partial charge in [-0.25, -0.2) is 15.0 Å². The molecule has 7 heteroatoms. The maximum Gasteiger partial charge on any atom is 0.169 e. The van der Waals surface area contributed by atoms with Crippen molar-refractivity contribution in [3.8, 4) is 6.07 Å². The number of fused-ring (bicyclic) bond motifs is 1. The van der Waals surface area contributed by atoms with E-state index in [1.165, 1.54) is 23.3 Å². The molecule has 0 aliphatic rings. The van der Waals surface area contributed by atoms with Gasteiger partial charge in [0.1, 0.15) is 18.3 Å². The molecule has 0 fully saturated rings. The second kappa shape index (κ2) is 4.09. The highest BCUT2D eigenvalue weighted by Gasteiger charge is 2.23. The monoisotopic (exact) mass is 244 g/mol. The number of nitrogens with zero attached hydrogens (tertiary/aromatic N) is 5. The highest BCUT2D eigenvalue weighted by molar-refractivity contribution is 5.84. The fraction of sp³-hybridized carbons (Fsp3) is 0.273. The smallest absolute Gasteiger partial charge is 0.169 e. The molecule has 2 aromatic rings. The van der Waals surface area contributed by atoms with Crippen LogP contribution in [0.25, 0.3) is 16.9 Å². The van der Waals surface area contributed by atoms with Crippen LogP contribution in [-0.4, -0.2) is 30.2 Å². The van der Waals surface area contributed by atoms with Gasteiger partial charge in [-0.3, -0.25) is 4.57 Å². The van der Waals surface area contributed by atoms with Crippen molar-refractivity contribution in [2.75, 3.05) is 5.73 Å². The fourth-order valence-corrected chi connectivity index (χ4v) is 1.63. The molecule has 0 saturated carbocycles. The zero-order valence-electron chi connectivity index (χ0n) is 9.99. The van der Waals surface area contributed by atoms with Crippen molar-refractivity contribution >= 4 is 22.7 Å². The zero-order chi connectivity index (χ0) is 13.3. The summed E-state index contributed by atoms with van der Waals surface area (Å²) in [6.45, 7) is 3.15. The minimum atomic E-state index is -1.21. The average Bonchev–Trinajstić information content (AvgIpc) is 2.69. The van der Waals surface area contributed by atoms with E-state index in [-0.39, 0.29) is 5.82 Å². The Hall–Kier alpha value is -2.46. The Morgan fingerprint density at radius 3 is 2.83 bits per heavy atom. The van der Waals surface area contributed by atoms with Crippen LogP contribution in [0.4, 0.5) is 5.82 Å². The molecule has 7 nitrogen and oxygen atoms in total. The van der Waals surface area contributed by atoms with Gasteiger partial charge in [0, 0.05) is 6.08 Å². The molecule has 0 aromatic carbocycles. The van der Waals surface area contributed by atoms with Gasteiger partial charge in [0.05, 0.1) is 11.8 Å². The predicted octanol–water partition coefficient (Wildman–Crippen LogP) is 0.544. The largest absolute Gasteiger partial charge is 0.384 e. The molecule has 0 spiro atoms. The van der Waals surface area contributed by atoms with E-state index in [9.17, 15) is 5.11 Å². The van der Waals surface area contributed by atoms with E-state index in [4.69, 9.17) is 11.0 Å². The number of nitrogen functional groups attached to an aromatic ring is 1. The van der Waals surface area contributed by atoms with Crippen molar-refractivity contribution in [1.82, 2.24) is 19.5 Å². The molecule has 0 aliphatic heterocycles. The third kappa shape index (κ3) is 1.89. The normalized spacial score (nSPS) is 12.7. The highest BCUT2D eigenvalue weighted by Crippen LogP contribution is 2.25. The molecule has 0 amide bonds. The number of nitrogens with two attached hydrogens (primary N) is 1. The maximum atomic E-state index is 10.1. The second-order valence-corrected chi connectivity index (χ2v) is 4.26. The first-order chi connectivity index (χ1) is 8.45. The van der Waals surface area contributed by atoms with Crippen molar-refractivity contribution in [3.05, 3.63) is 18.7 Å². The molecule has 2 rings (SSSR count). The lowest BCUT2D eigenvalue weighted by atomic mass is 10.1. The molecule has 2 heterocycles. The lowest BCUT2D eigenvalue weighted by Gasteiger charge is -2.21. The van der Waals surface area contributed by atoms with Crippen molar-refractivity contribution in [3.63, 3.8) is 0 Å². The van der Waals surface area contributed by atoms with Crippen LogP contribution in [0.3, 0.4) is 0 Å². The topological polar surface area (TPSA) is 114 Å². The van der Waals surface area contributed by atoms with Crippen LogP contribution >= 0.6 is 0 Å². The van der Waals surface area contributed by atoms with Crippen LogP contribution in [0.5, 0.6) is 0 Å². The molecule has 0 bridgehead atoms. The number of hydrogen-bond donors (Lipinski definition) is 2. The third-order valence-electron chi connectivity index (χ3n) is 2.45. The van der Waals surface area contributed by atoms with E-state index < -0.39 is 5.60 Å². The van der Waals surface area contributed by atoms with Gasteiger partial charge < -0.3 is 10.8 Å². The summed E-state index contributed by atoms with van der Waals surface area (Å²) in [6.07, 6.45) is 4.01. The number of imidazole rings is 1. The van der Waals surface area contributed by atoms with E-state index in [0.717, 1.165) is 0 Å². The molecule has 3 N–H and O–H groups in total. The standard InChI is InChI=1S/C11H12N6O/c1-11(2,18)7(3-4-12)17-6-16-8-9(13)14-5-15-10(8)17/h3,5-6,18H,1-2H3,(H2,13,14,15)/b7-3-. The number of allylic oxidation sites excluding steroid dienone is 1. The maximum absolute atomic E-state index is 10.1. The van der Waals surface area contributed by atoms with Gasteiger partial charge in [-0.1, -0.05) is 0 Å². The van der Waals surface area contributed by atoms with Gasteiger partial charge in [0.25, 0.3) is 0 Å². The summed E-state index contributed by atoms with van der Waals surface area (Å²) >= 11 is 0. The molecular weight excluding hydrogens is 232 g/mol. The summed E-state index contributed by atoms with van der Waals surface area (Å²) in [4.78, 5) is 12.0. The molecule has 0 radical (unpaired) electrons. The molecular formula is C11H12N6O. The SMILES string of the molecule is CC(C)(O)/C(=C/C#N)n1cnc2c(N)ncnc21. The van der Waals surface area contributed by atoms with Crippen LogP contribution < -0.4 is 5.73 Å². The fourth-order valence-electron chi connectivity index (χ4n) is 1.63. The van der Waals surface area contributed by atoms with Crippen LogP contribution in [0.1, 0.15) is 13.8 Å². The molecule has 92 valence electrons. The molecule has 0 atom stereocenters. The number of anilines is 1. The number of hydrogen-bond acceptors (Lipinski definition) is 6. The average molecular weight is 244 g/mol. The molecule has 0 unspecified atom stereocenters. The Kier molecular flexibility index (Phi) is 2.73. The summed E-state index contributed by atoms with van der Waals surface area (Å²) in [5.41, 5.74) is 5.73. The number of rotatable bonds is 2. The first-order valence-electron chi connectivity index (χ1n) is 5.21. The van der Waals surface area contributed by atoms with Crippen LogP contribution in [0.15, 0.2) is 18.7 Å². The van der Waals surface area contributed by atoms with Crippen LogP contribution in [0.2, 0.25) is 0 Å². The molecule has 0 saturated heterocycles. The van der Waals surface area contributed by atoms with Crippen molar-refractivity contribution in [2.45, 2.75) is 19.4 Å². The van der Waals surface area contributed by atoms with Gasteiger partial charge in [-0.05, 0) is 13.8 Å². The number of nitriles is 1. The first kappa shape index (κ1) is 12.0. The summed E-state index contributed by atoms with van der Waals surface area (Å²) < 4.78 is 1.52. The van der Waals surface area contributed by atoms with Crippen LogP contribution in [-0.2, 0) is 0 Å². The Bertz CT molecular complexity index is 658. The number of aliphatic hydroxyl groups is 1. The minimum Gasteiger partial charge on any atom is -0.384 e. The van der Waals surface area contributed by atoms with Gasteiger partial charge in [0.2, 0.25) is 0 Å². The Morgan fingerprint density at radius 1 is 1.50 bits per heavy atom. The lowest BCUT2D eigenvalue weighted by Crippen LogP contribution is -2.24. The zero-order valence-corrected chi connectivity index (χ0v) is 9.99. The molecule has 2 aromatic heterocycles. The van der Waals surface area contributed by atoms with Gasteiger partial charge in [0.15, 0.2) is 17.0 Å². The van der Waals surface area contributed by atoms with E-state index in [1.54, 1.807) is 13.8 Å².